The number of carbonyl (C=O) groups excluding carboxylic acids is 2. The third-order valence-corrected chi connectivity index (χ3v) is 2.29. The Bertz CT molecular complexity index is 280. The van der Waals surface area contributed by atoms with Crippen LogP contribution in [0.25, 0.3) is 0 Å². The van der Waals surface area contributed by atoms with Crippen LogP contribution in [0.2, 0.25) is 0 Å². The molecule has 1 aliphatic heterocycles. The fraction of sp³-hybridized carbons (Fsp3) is 0.625. The van der Waals surface area contributed by atoms with E-state index in [2.05, 4.69) is 17.5 Å². The van der Waals surface area contributed by atoms with E-state index in [1.807, 2.05) is 0 Å². The third-order valence-electron chi connectivity index (χ3n) is 2.14. The molecule has 6 heteroatoms. The number of hydrogen-bond donors (Lipinski definition) is 2. The molecule has 1 unspecified atom stereocenters. The number of amides is 2. The molecule has 78 valence electrons. The van der Waals surface area contributed by atoms with Crippen LogP contribution in [0.1, 0.15) is 13.3 Å². The van der Waals surface area contributed by atoms with Gasteiger partial charge in [-0.3, -0.25) is 9.59 Å². The van der Waals surface area contributed by atoms with E-state index in [4.69, 9.17) is 5.73 Å². The first kappa shape index (κ1) is 10.9. The summed E-state index contributed by atoms with van der Waals surface area (Å²) in [6.45, 7) is 2.70. The van der Waals surface area contributed by atoms with Crippen molar-refractivity contribution in [3.8, 4) is 0 Å². The smallest absolute Gasteiger partial charge is 0.242 e. The van der Waals surface area contributed by atoms with Crippen molar-refractivity contribution in [2.75, 3.05) is 13.1 Å². The molecule has 0 aliphatic carbocycles. The maximum Gasteiger partial charge on any atom is 0.242 e. The second-order valence-corrected chi connectivity index (χ2v) is 3.72. The number of thiocarbonyl (C=S) groups is 1. The average molecular weight is 215 g/mol. The summed E-state index contributed by atoms with van der Waals surface area (Å²) in [4.78, 5) is 24.4. The Balaban J connectivity index is 2.62. The summed E-state index contributed by atoms with van der Waals surface area (Å²) in [5.41, 5.74) is 5.26. The van der Waals surface area contributed by atoms with Crippen LogP contribution < -0.4 is 11.1 Å². The Morgan fingerprint density at radius 1 is 1.79 bits per heavy atom. The largest absolute Gasteiger partial charge is 0.393 e. The van der Waals surface area contributed by atoms with Crippen molar-refractivity contribution >= 4 is 29.0 Å². The summed E-state index contributed by atoms with van der Waals surface area (Å²) >= 11 is 4.64. The van der Waals surface area contributed by atoms with Crippen molar-refractivity contribution in [2.45, 2.75) is 19.4 Å². The molecule has 1 saturated heterocycles. The highest BCUT2D eigenvalue weighted by atomic mass is 32.1. The zero-order valence-corrected chi connectivity index (χ0v) is 8.76. The molecule has 14 heavy (non-hydrogen) atoms. The van der Waals surface area contributed by atoms with Gasteiger partial charge in [-0.15, -0.1) is 0 Å². The minimum atomic E-state index is -0.425. The molecule has 3 N–H and O–H groups in total. The van der Waals surface area contributed by atoms with Gasteiger partial charge >= 0.3 is 0 Å². The molecule has 1 atom stereocenters. The van der Waals surface area contributed by atoms with E-state index in [-0.39, 0.29) is 23.2 Å². The van der Waals surface area contributed by atoms with Gasteiger partial charge in [0.1, 0.15) is 6.04 Å². The van der Waals surface area contributed by atoms with Gasteiger partial charge < -0.3 is 16.0 Å². The summed E-state index contributed by atoms with van der Waals surface area (Å²) in [6, 6.07) is -0.425. The predicted molar refractivity (Wildman–Crippen MR) is 55.6 cm³/mol. The lowest BCUT2D eigenvalue weighted by Gasteiger charge is -2.32. The van der Waals surface area contributed by atoms with Gasteiger partial charge in [0, 0.05) is 13.1 Å². The van der Waals surface area contributed by atoms with Crippen LogP contribution >= 0.6 is 12.2 Å². The Kier molecular flexibility index (Phi) is 3.40. The van der Waals surface area contributed by atoms with Crippen LogP contribution in [0.4, 0.5) is 0 Å². The van der Waals surface area contributed by atoms with Crippen LogP contribution in [0.3, 0.4) is 0 Å². The molecule has 0 aromatic carbocycles. The lowest BCUT2D eigenvalue weighted by atomic mass is 10.2. The summed E-state index contributed by atoms with van der Waals surface area (Å²) in [6.07, 6.45) is 0.0347. The van der Waals surface area contributed by atoms with Crippen LogP contribution in [0.15, 0.2) is 0 Å². The molecule has 1 rings (SSSR count). The van der Waals surface area contributed by atoms with Gasteiger partial charge in [-0.2, -0.15) is 0 Å². The number of nitrogens with two attached hydrogens (primary N) is 1. The average Bonchev–Trinajstić information content (AvgIpc) is 2.08. The fourth-order valence-electron chi connectivity index (χ4n) is 1.37. The molecule has 1 fully saturated rings. The summed E-state index contributed by atoms with van der Waals surface area (Å²) in [7, 11) is 0. The van der Waals surface area contributed by atoms with Gasteiger partial charge in [-0.05, 0) is 6.92 Å². The van der Waals surface area contributed by atoms with Crippen LogP contribution in [0, 0.1) is 0 Å². The zero-order chi connectivity index (χ0) is 10.7. The Morgan fingerprint density at radius 2 is 2.43 bits per heavy atom. The summed E-state index contributed by atoms with van der Waals surface area (Å²) in [5.74, 6) is -0.313. The van der Waals surface area contributed by atoms with E-state index in [1.54, 1.807) is 6.92 Å². The van der Waals surface area contributed by atoms with Crippen molar-refractivity contribution in [1.82, 2.24) is 10.2 Å². The van der Waals surface area contributed by atoms with Crippen LogP contribution in [0.5, 0.6) is 0 Å². The molecule has 0 saturated carbocycles. The molecule has 1 heterocycles. The number of hydrogen-bond acceptors (Lipinski definition) is 3. The Morgan fingerprint density at radius 3 is 3.00 bits per heavy atom. The quantitative estimate of drug-likeness (QED) is 0.580. The monoisotopic (exact) mass is 215 g/mol. The van der Waals surface area contributed by atoms with E-state index in [9.17, 15) is 9.59 Å². The molecule has 0 aromatic heterocycles. The van der Waals surface area contributed by atoms with Crippen molar-refractivity contribution in [3.05, 3.63) is 0 Å². The van der Waals surface area contributed by atoms with Crippen LogP contribution in [-0.2, 0) is 9.59 Å². The van der Waals surface area contributed by atoms with Crippen molar-refractivity contribution < 1.29 is 9.59 Å². The number of rotatable bonds is 2. The van der Waals surface area contributed by atoms with Gasteiger partial charge in [0.15, 0.2) is 0 Å². The third kappa shape index (κ3) is 2.41. The van der Waals surface area contributed by atoms with E-state index < -0.39 is 6.04 Å². The van der Waals surface area contributed by atoms with Crippen molar-refractivity contribution in [2.24, 2.45) is 5.73 Å². The van der Waals surface area contributed by atoms with Gasteiger partial charge in [-0.25, -0.2) is 0 Å². The number of piperazine rings is 1. The van der Waals surface area contributed by atoms with Crippen molar-refractivity contribution in [3.63, 3.8) is 0 Å². The minimum Gasteiger partial charge on any atom is -0.393 e. The second-order valence-electron chi connectivity index (χ2n) is 3.20. The normalized spacial score (nSPS) is 21.6. The first-order chi connectivity index (χ1) is 6.52. The zero-order valence-electron chi connectivity index (χ0n) is 7.95. The first-order valence-electron chi connectivity index (χ1n) is 4.38. The van der Waals surface area contributed by atoms with Gasteiger partial charge in [-0.1, -0.05) is 12.2 Å². The van der Waals surface area contributed by atoms with Crippen LogP contribution in [-0.4, -0.2) is 40.8 Å². The van der Waals surface area contributed by atoms with E-state index in [1.165, 1.54) is 4.90 Å². The van der Waals surface area contributed by atoms with E-state index in [0.717, 1.165) is 0 Å². The molecule has 0 radical (unpaired) electrons. The summed E-state index contributed by atoms with van der Waals surface area (Å²) < 4.78 is 0. The molecule has 5 nitrogen and oxygen atoms in total. The molecule has 1 aliphatic rings. The Labute approximate surface area is 87.6 Å². The highest BCUT2D eigenvalue weighted by Crippen LogP contribution is 2.05. The Hall–Kier alpha value is -1.17. The molecule has 2 amide bonds. The molecular weight excluding hydrogens is 202 g/mol. The minimum absolute atomic E-state index is 0.0347. The molecule has 0 aromatic rings. The second kappa shape index (κ2) is 4.36. The van der Waals surface area contributed by atoms with Gasteiger partial charge in [0.05, 0.1) is 11.4 Å². The topological polar surface area (TPSA) is 75.4 Å². The predicted octanol–water partition coefficient (Wildman–Crippen LogP) is -0.990. The maximum atomic E-state index is 11.5. The molecule has 0 bridgehead atoms. The van der Waals surface area contributed by atoms with Gasteiger partial charge in [0.2, 0.25) is 11.8 Å². The molecular formula is C8H13N3O2S. The number of nitrogens with zero attached hydrogens (tertiary/aromatic N) is 1. The van der Waals surface area contributed by atoms with E-state index in [0.29, 0.717) is 13.1 Å². The fourth-order valence-corrected chi connectivity index (χ4v) is 1.50. The van der Waals surface area contributed by atoms with Gasteiger partial charge in [0.25, 0.3) is 0 Å². The lowest BCUT2D eigenvalue weighted by molar-refractivity contribution is -0.141. The highest BCUT2D eigenvalue weighted by molar-refractivity contribution is 7.80. The first-order valence-corrected chi connectivity index (χ1v) is 4.78. The number of nitrogens with one attached hydrogen (secondary N) is 1. The number of carbonyl (C=O) groups is 2. The summed E-state index contributed by atoms with van der Waals surface area (Å²) in [5, 5.41) is 2.67. The van der Waals surface area contributed by atoms with E-state index >= 15 is 0 Å². The van der Waals surface area contributed by atoms with Crippen molar-refractivity contribution in [1.29, 1.82) is 0 Å². The standard InChI is InChI=1S/C8H13N3O2S/c1-5-8(13)10-2-3-11(5)7(12)4-6(9)14/h5H,2-4H2,1H3,(H2,9,14)(H,10,13). The molecule has 0 spiro atoms. The lowest BCUT2D eigenvalue weighted by Crippen LogP contribution is -2.56. The maximum absolute atomic E-state index is 11.5. The highest BCUT2D eigenvalue weighted by Gasteiger charge is 2.28. The SMILES string of the molecule is CC1C(=O)NCCN1C(=O)CC(N)=S.